The molecule has 0 saturated carbocycles. The first kappa shape index (κ1) is 22.8. The van der Waals surface area contributed by atoms with Gasteiger partial charge >= 0.3 is 6.09 Å². The highest BCUT2D eigenvalue weighted by molar-refractivity contribution is 5.90. The minimum atomic E-state index is -1.08. The highest BCUT2D eigenvalue weighted by atomic mass is 19.2. The van der Waals surface area contributed by atoms with Crippen LogP contribution in [0.4, 0.5) is 35.4 Å². The minimum absolute atomic E-state index is 0.182. The standard InChI is InChI=1S/C23H22F3N5O4/c1-13(32)27-11-15-12-31(23(33)34-15)14-2-5-19(17(25)10-14)29-6-8-30(9-7-29)22-28-18-4-3-16(24)20(26)21(18)35-22/h2-5,10,15H,6-9,11-12H2,1H3,(H,27,32)/t15-/m0/s1. The molecule has 2 fully saturated rings. The van der Waals surface area contributed by atoms with Crippen LogP contribution in [0.5, 0.6) is 0 Å². The van der Waals surface area contributed by atoms with Gasteiger partial charge in [-0.3, -0.25) is 9.69 Å². The number of piperazine rings is 1. The van der Waals surface area contributed by atoms with Gasteiger partial charge in [0.15, 0.2) is 11.4 Å². The number of hydrogen-bond acceptors (Lipinski definition) is 7. The maximum atomic E-state index is 15.0. The molecule has 2 amide bonds. The van der Waals surface area contributed by atoms with Crippen molar-refractivity contribution in [1.29, 1.82) is 0 Å². The Bertz CT molecular complexity index is 1290. The molecule has 2 aliphatic rings. The van der Waals surface area contributed by atoms with Gasteiger partial charge in [-0.2, -0.15) is 9.37 Å². The maximum Gasteiger partial charge on any atom is 0.414 e. The van der Waals surface area contributed by atoms with Crippen LogP contribution in [0.1, 0.15) is 6.92 Å². The molecule has 12 heteroatoms. The third-order valence-corrected chi connectivity index (χ3v) is 6.03. The molecule has 0 aliphatic carbocycles. The van der Waals surface area contributed by atoms with Crippen LogP contribution in [-0.2, 0) is 9.53 Å². The van der Waals surface area contributed by atoms with Gasteiger partial charge in [-0.1, -0.05) is 0 Å². The number of nitrogens with zero attached hydrogens (tertiary/aromatic N) is 4. The molecule has 0 bridgehead atoms. The normalized spacial score (nSPS) is 18.3. The van der Waals surface area contributed by atoms with Crippen molar-refractivity contribution >= 4 is 40.5 Å². The van der Waals surface area contributed by atoms with Crippen molar-refractivity contribution in [1.82, 2.24) is 10.3 Å². The summed E-state index contributed by atoms with van der Waals surface area (Å²) >= 11 is 0. The summed E-state index contributed by atoms with van der Waals surface area (Å²) in [7, 11) is 0. The van der Waals surface area contributed by atoms with E-state index in [9.17, 15) is 18.4 Å². The Morgan fingerprint density at radius 1 is 1.09 bits per heavy atom. The van der Waals surface area contributed by atoms with E-state index in [4.69, 9.17) is 9.15 Å². The fourth-order valence-corrected chi connectivity index (χ4v) is 4.21. The topological polar surface area (TPSA) is 91.2 Å². The number of rotatable bonds is 5. The molecule has 9 nitrogen and oxygen atoms in total. The monoisotopic (exact) mass is 489 g/mol. The van der Waals surface area contributed by atoms with E-state index >= 15 is 4.39 Å². The molecule has 1 N–H and O–H groups in total. The fraction of sp³-hybridized carbons (Fsp3) is 0.348. The van der Waals surface area contributed by atoms with Gasteiger partial charge in [0.25, 0.3) is 6.01 Å². The van der Waals surface area contributed by atoms with Gasteiger partial charge in [0.2, 0.25) is 11.7 Å². The molecule has 35 heavy (non-hydrogen) atoms. The van der Waals surface area contributed by atoms with Crippen molar-refractivity contribution in [2.45, 2.75) is 13.0 Å². The van der Waals surface area contributed by atoms with Crippen molar-refractivity contribution < 1.29 is 31.9 Å². The lowest BCUT2D eigenvalue weighted by molar-refractivity contribution is -0.119. The van der Waals surface area contributed by atoms with Gasteiger partial charge in [-0.25, -0.2) is 13.6 Å². The molecule has 2 aliphatic heterocycles. The van der Waals surface area contributed by atoms with Crippen LogP contribution in [-0.4, -0.2) is 62.4 Å². The van der Waals surface area contributed by atoms with Gasteiger partial charge in [0.05, 0.1) is 24.5 Å². The third-order valence-electron chi connectivity index (χ3n) is 6.03. The molecule has 0 unspecified atom stereocenters. The second-order valence-corrected chi connectivity index (χ2v) is 8.37. The summed E-state index contributed by atoms with van der Waals surface area (Å²) in [5, 5.41) is 2.60. The molecular weight excluding hydrogens is 467 g/mol. The Morgan fingerprint density at radius 3 is 2.54 bits per heavy atom. The largest absolute Gasteiger partial charge is 0.442 e. The molecule has 1 atom stereocenters. The van der Waals surface area contributed by atoms with E-state index in [0.717, 1.165) is 6.07 Å². The number of amides is 2. The van der Waals surface area contributed by atoms with Crippen molar-refractivity contribution in [2.24, 2.45) is 0 Å². The second kappa shape index (κ2) is 9.01. The number of cyclic esters (lactones) is 1. The van der Waals surface area contributed by atoms with E-state index in [1.807, 2.05) is 4.90 Å². The quantitative estimate of drug-likeness (QED) is 0.589. The predicted octanol–water partition coefficient (Wildman–Crippen LogP) is 3.03. The minimum Gasteiger partial charge on any atom is -0.442 e. The van der Waals surface area contributed by atoms with E-state index in [1.165, 1.54) is 24.0 Å². The zero-order valence-corrected chi connectivity index (χ0v) is 18.8. The summed E-state index contributed by atoms with van der Waals surface area (Å²) in [6, 6.07) is 7.06. The number of oxazole rings is 1. The predicted molar refractivity (Wildman–Crippen MR) is 121 cm³/mol. The average Bonchev–Trinajstić information content (AvgIpc) is 3.44. The summed E-state index contributed by atoms with van der Waals surface area (Å²) in [6.07, 6.45) is -1.12. The number of benzene rings is 2. The van der Waals surface area contributed by atoms with Crippen LogP contribution in [0, 0.1) is 17.5 Å². The summed E-state index contributed by atoms with van der Waals surface area (Å²) in [6.45, 7) is 3.50. The van der Waals surface area contributed by atoms with Crippen molar-refractivity contribution in [3.05, 3.63) is 47.8 Å². The lowest BCUT2D eigenvalue weighted by atomic mass is 10.2. The van der Waals surface area contributed by atoms with E-state index in [0.29, 0.717) is 37.6 Å². The number of fused-ring (bicyclic) bond motifs is 1. The summed E-state index contributed by atoms with van der Waals surface area (Å²) in [4.78, 5) is 32.5. The average molecular weight is 489 g/mol. The highest BCUT2D eigenvalue weighted by Gasteiger charge is 2.33. The number of carbonyl (C=O) groups excluding carboxylic acids is 2. The Labute approximate surface area is 198 Å². The first-order valence-electron chi connectivity index (χ1n) is 11.1. The smallest absolute Gasteiger partial charge is 0.414 e. The lowest BCUT2D eigenvalue weighted by Gasteiger charge is -2.35. The molecule has 0 spiro atoms. The highest BCUT2D eigenvalue weighted by Crippen LogP contribution is 2.30. The number of hydrogen-bond donors (Lipinski definition) is 1. The zero-order valence-electron chi connectivity index (χ0n) is 18.8. The maximum absolute atomic E-state index is 15.0. The van der Waals surface area contributed by atoms with Crippen molar-refractivity contribution in [3.63, 3.8) is 0 Å². The molecule has 3 heterocycles. The summed E-state index contributed by atoms with van der Waals surface area (Å²) < 4.78 is 53.1. The molecule has 3 aromatic rings. The number of halogens is 3. The van der Waals surface area contributed by atoms with Gasteiger partial charge in [-0.15, -0.1) is 0 Å². The number of anilines is 3. The van der Waals surface area contributed by atoms with Gasteiger partial charge < -0.3 is 24.3 Å². The number of ether oxygens (including phenoxy) is 1. The van der Waals surface area contributed by atoms with Crippen molar-refractivity contribution in [2.75, 3.05) is 54.0 Å². The summed E-state index contributed by atoms with van der Waals surface area (Å²) in [5.41, 5.74) is 0.730. The Hall–Kier alpha value is -3.96. The van der Waals surface area contributed by atoms with Gasteiger partial charge in [0.1, 0.15) is 17.4 Å². The molecular formula is C23H22F3N5O4. The van der Waals surface area contributed by atoms with Crippen LogP contribution in [0.25, 0.3) is 11.1 Å². The van der Waals surface area contributed by atoms with Crippen LogP contribution in [0.15, 0.2) is 34.7 Å². The molecule has 0 radical (unpaired) electrons. The SMILES string of the molecule is CC(=O)NC[C@H]1CN(c2ccc(N3CCN(c4nc5ccc(F)c(F)c5o4)CC3)c(F)c2)C(=O)O1. The fourth-order valence-electron chi connectivity index (χ4n) is 4.21. The number of carbonyl (C=O) groups is 2. The number of aromatic nitrogens is 1. The molecule has 2 saturated heterocycles. The Balaban J connectivity index is 1.24. The van der Waals surface area contributed by atoms with Crippen LogP contribution in [0.2, 0.25) is 0 Å². The van der Waals surface area contributed by atoms with Crippen LogP contribution < -0.4 is 20.0 Å². The van der Waals surface area contributed by atoms with E-state index in [-0.39, 0.29) is 36.1 Å². The third kappa shape index (κ3) is 4.43. The second-order valence-electron chi connectivity index (χ2n) is 8.37. The molecule has 2 aromatic carbocycles. The lowest BCUT2D eigenvalue weighted by Crippen LogP contribution is -2.47. The van der Waals surface area contributed by atoms with E-state index in [2.05, 4.69) is 10.3 Å². The molecule has 5 rings (SSSR count). The molecule has 184 valence electrons. The van der Waals surface area contributed by atoms with E-state index < -0.39 is 29.6 Å². The van der Waals surface area contributed by atoms with Gasteiger partial charge in [-0.05, 0) is 30.3 Å². The first-order valence-corrected chi connectivity index (χ1v) is 11.1. The Morgan fingerprint density at radius 2 is 1.83 bits per heavy atom. The van der Waals surface area contributed by atoms with Crippen molar-refractivity contribution in [3.8, 4) is 0 Å². The van der Waals surface area contributed by atoms with Gasteiger partial charge in [0, 0.05) is 33.1 Å². The van der Waals surface area contributed by atoms with E-state index in [1.54, 1.807) is 17.0 Å². The molecule has 1 aromatic heterocycles. The summed E-state index contributed by atoms with van der Waals surface area (Å²) in [5.74, 6) is -2.81. The van der Waals surface area contributed by atoms with Crippen LogP contribution in [0.3, 0.4) is 0 Å². The Kier molecular flexibility index (Phi) is 5.87. The number of nitrogens with one attached hydrogen (secondary N) is 1. The van der Waals surface area contributed by atoms with Crippen LogP contribution >= 0.6 is 0 Å². The zero-order chi connectivity index (χ0) is 24.7. The first-order chi connectivity index (χ1) is 16.8.